The fourth-order valence-electron chi connectivity index (χ4n) is 3.25. The molecule has 37 heavy (non-hydrogen) atoms. The van der Waals surface area contributed by atoms with Crippen molar-refractivity contribution in [2.45, 2.75) is 28.8 Å². The first-order valence-electron chi connectivity index (χ1n) is 11.0. The van der Waals surface area contributed by atoms with E-state index in [4.69, 9.17) is 9.15 Å². The van der Waals surface area contributed by atoms with Gasteiger partial charge in [0.05, 0.1) is 40.4 Å². The molecule has 0 saturated heterocycles. The predicted molar refractivity (Wildman–Crippen MR) is 139 cm³/mol. The van der Waals surface area contributed by atoms with Gasteiger partial charge in [0.15, 0.2) is 9.43 Å². The van der Waals surface area contributed by atoms with Crippen molar-refractivity contribution < 1.29 is 23.7 Å². The van der Waals surface area contributed by atoms with Gasteiger partial charge < -0.3 is 14.5 Å². The Bertz CT molecular complexity index is 1440. The molecular formula is C24H21N5O6S2. The van der Waals surface area contributed by atoms with Crippen molar-refractivity contribution >= 4 is 57.2 Å². The van der Waals surface area contributed by atoms with Gasteiger partial charge in [0.1, 0.15) is 5.76 Å². The number of nitro benzene ring substituents is 1. The maximum Gasteiger partial charge on any atom is 0.407 e. The Balaban J connectivity index is 1.34. The third-order valence-corrected chi connectivity index (χ3v) is 6.89. The minimum Gasteiger partial charge on any atom is -0.450 e. The smallest absolute Gasteiger partial charge is 0.407 e. The number of fused-ring (bicyclic) bond motifs is 1. The second-order valence-corrected chi connectivity index (χ2v) is 9.76. The van der Waals surface area contributed by atoms with Crippen molar-refractivity contribution in [2.75, 3.05) is 6.61 Å². The quantitative estimate of drug-likeness (QED) is 0.157. The molecule has 0 radical (unpaired) electrons. The lowest BCUT2D eigenvalue weighted by atomic mass is 10.0. The number of rotatable bonds is 10. The van der Waals surface area contributed by atoms with Crippen LogP contribution in [0.25, 0.3) is 10.2 Å². The second-order valence-electron chi connectivity index (χ2n) is 7.47. The molecule has 2 heterocycles. The first kappa shape index (κ1) is 25.9. The average Bonchev–Trinajstić information content (AvgIpc) is 3.50. The monoisotopic (exact) mass is 539 g/mol. The van der Waals surface area contributed by atoms with Crippen LogP contribution in [0.2, 0.25) is 0 Å². The number of carbonyl (C=O) groups excluding carboxylic acids is 2. The summed E-state index contributed by atoms with van der Waals surface area (Å²) in [4.78, 5) is 39.3. The molecule has 0 aliphatic heterocycles. The highest BCUT2D eigenvalue weighted by Crippen LogP contribution is 2.36. The van der Waals surface area contributed by atoms with E-state index in [-0.39, 0.29) is 18.7 Å². The van der Waals surface area contributed by atoms with Gasteiger partial charge >= 0.3 is 6.09 Å². The Labute approximate surface area is 219 Å². The number of hydrogen-bond donors (Lipinski definition) is 2. The van der Waals surface area contributed by atoms with E-state index in [1.807, 2.05) is 30.3 Å². The molecule has 0 saturated carbocycles. The van der Waals surface area contributed by atoms with Crippen LogP contribution in [-0.2, 0) is 9.53 Å². The second kappa shape index (κ2) is 12.1. The van der Waals surface area contributed by atoms with Crippen LogP contribution in [0.1, 0.15) is 30.7 Å². The van der Waals surface area contributed by atoms with E-state index < -0.39 is 23.0 Å². The number of benzene rings is 2. The number of non-ortho nitro benzene ring substituents is 1. The summed E-state index contributed by atoms with van der Waals surface area (Å²) < 4.78 is 12.0. The zero-order chi connectivity index (χ0) is 26.2. The normalized spacial score (nSPS) is 11.9. The zero-order valence-electron chi connectivity index (χ0n) is 19.5. The summed E-state index contributed by atoms with van der Waals surface area (Å²) in [5.74, 6) is -0.00423. The third kappa shape index (κ3) is 7.15. The number of alkyl carbamates (subject to hydrolysis) is 1. The van der Waals surface area contributed by atoms with E-state index in [2.05, 4.69) is 20.8 Å². The summed E-state index contributed by atoms with van der Waals surface area (Å²) in [6, 6.07) is 16.4. The molecule has 4 aromatic rings. The Morgan fingerprint density at radius 1 is 1.24 bits per heavy atom. The van der Waals surface area contributed by atoms with Gasteiger partial charge in [-0.05, 0) is 42.4 Å². The molecule has 2 aromatic carbocycles. The van der Waals surface area contributed by atoms with Gasteiger partial charge in [0.2, 0.25) is 5.91 Å². The zero-order valence-corrected chi connectivity index (χ0v) is 21.1. The van der Waals surface area contributed by atoms with E-state index in [0.717, 1.165) is 5.56 Å². The molecule has 0 unspecified atom stereocenters. The number of aromatic nitrogens is 1. The molecule has 2 amide bonds. The lowest BCUT2D eigenvalue weighted by molar-refractivity contribution is -0.384. The first-order chi connectivity index (χ1) is 17.9. The van der Waals surface area contributed by atoms with Crippen molar-refractivity contribution in [1.82, 2.24) is 15.7 Å². The van der Waals surface area contributed by atoms with Crippen LogP contribution in [0.15, 0.2) is 79.6 Å². The van der Waals surface area contributed by atoms with Crippen molar-refractivity contribution in [3.8, 4) is 0 Å². The summed E-state index contributed by atoms with van der Waals surface area (Å²) in [5, 5.41) is 18.1. The Kier molecular flexibility index (Phi) is 8.48. The Morgan fingerprint density at radius 3 is 2.81 bits per heavy atom. The summed E-state index contributed by atoms with van der Waals surface area (Å²) in [6.45, 7) is 1.92. The largest absolute Gasteiger partial charge is 0.450 e. The molecular weight excluding hydrogens is 518 g/mol. The van der Waals surface area contributed by atoms with Gasteiger partial charge in [-0.25, -0.2) is 15.2 Å². The first-order valence-corrected chi connectivity index (χ1v) is 12.7. The predicted octanol–water partition coefficient (Wildman–Crippen LogP) is 5.28. The maximum atomic E-state index is 12.5. The molecule has 0 aliphatic rings. The van der Waals surface area contributed by atoms with Crippen LogP contribution in [0.3, 0.4) is 0 Å². The lowest BCUT2D eigenvalue weighted by Crippen LogP contribution is -2.33. The van der Waals surface area contributed by atoms with Crippen molar-refractivity contribution in [2.24, 2.45) is 5.10 Å². The molecule has 190 valence electrons. The number of nitrogens with zero attached hydrogens (tertiary/aromatic N) is 3. The molecule has 2 N–H and O–H groups in total. The maximum absolute atomic E-state index is 12.5. The topological polar surface area (TPSA) is 149 Å². The van der Waals surface area contributed by atoms with Crippen molar-refractivity contribution in [3.63, 3.8) is 0 Å². The van der Waals surface area contributed by atoms with Gasteiger partial charge in [0.25, 0.3) is 5.69 Å². The minimum absolute atomic E-state index is 0.0120. The van der Waals surface area contributed by atoms with Gasteiger partial charge in [-0.1, -0.05) is 30.3 Å². The number of amides is 2. The molecule has 0 aliphatic carbocycles. The van der Waals surface area contributed by atoms with Crippen molar-refractivity contribution in [1.29, 1.82) is 0 Å². The number of nitro groups is 1. The van der Waals surface area contributed by atoms with Crippen LogP contribution in [0.4, 0.5) is 10.5 Å². The molecule has 0 spiro atoms. The van der Waals surface area contributed by atoms with Crippen LogP contribution in [-0.4, -0.2) is 34.7 Å². The highest BCUT2D eigenvalue weighted by molar-refractivity contribution is 8.01. The van der Waals surface area contributed by atoms with E-state index in [1.165, 1.54) is 41.4 Å². The average molecular weight is 540 g/mol. The number of hydrazone groups is 1. The fraction of sp³-hybridized carbons (Fsp3) is 0.167. The summed E-state index contributed by atoms with van der Waals surface area (Å²) in [7, 11) is 0. The van der Waals surface area contributed by atoms with Crippen LogP contribution >= 0.6 is 23.1 Å². The fourth-order valence-corrected chi connectivity index (χ4v) is 5.25. The summed E-state index contributed by atoms with van der Waals surface area (Å²) in [5.41, 5.74) is 3.87. The number of ether oxygens (including phenoxy) is 1. The SMILES string of the molecule is CCOC(=O)N[C@@H](CC(=O)N/N=C\c1ccc(Sc2nc3ccc([N+](=O)[O-])cc3s2)o1)c1ccccc1. The van der Waals surface area contributed by atoms with E-state index >= 15 is 0 Å². The summed E-state index contributed by atoms with van der Waals surface area (Å²) in [6.07, 6.45) is 0.703. The molecule has 0 fully saturated rings. The van der Waals surface area contributed by atoms with Crippen LogP contribution in [0.5, 0.6) is 0 Å². The van der Waals surface area contributed by atoms with Gasteiger partial charge in [-0.3, -0.25) is 14.9 Å². The van der Waals surface area contributed by atoms with Gasteiger partial charge in [0, 0.05) is 12.1 Å². The minimum atomic E-state index is -0.611. The number of hydrogen-bond acceptors (Lipinski definition) is 10. The highest BCUT2D eigenvalue weighted by Gasteiger charge is 2.19. The number of carbonyl (C=O) groups is 2. The Morgan fingerprint density at radius 2 is 2.05 bits per heavy atom. The number of thiazole rings is 1. The summed E-state index contributed by atoms with van der Waals surface area (Å²) >= 11 is 2.60. The van der Waals surface area contributed by atoms with E-state index in [0.29, 0.717) is 25.4 Å². The van der Waals surface area contributed by atoms with Gasteiger partial charge in [-0.2, -0.15) is 5.10 Å². The van der Waals surface area contributed by atoms with Crippen LogP contribution in [0, 0.1) is 10.1 Å². The van der Waals surface area contributed by atoms with Crippen LogP contribution < -0.4 is 10.7 Å². The lowest BCUT2D eigenvalue weighted by Gasteiger charge is -2.17. The van der Waals surface area contributed by atoms with E-state index in [9.17, 15) is 19.7 Å². The molecule has 2 aromatic heterocycles. The number of nitrogens with one attached hydrogen (secondary N) is 2. The van der Waals surface area contributed by atoms with E-state index in [1.54, 1.807) is 25.1 Å². The highest BCUT2D eigenvalue weighted by atomic mass is 32.2. The standard InChI is InChI=1S/C24H21N5O6S2/c1-2-34-23(31)26-19(15-6-4-3-5-7-15)13-21(30)28-25-14-17-9-11-22(35-17)37-24-27-18-10-8-16(29(32)33)12-20(18)36-24/h3-12,14,19H,2,13H2,1H3,(H,26,31)(H,28,30)/b25-14-/t19-/m0/s1. The molecule has 13 heteroatoms. The van der Waals surface area contributed by atoms with Gasteiger partial charge in [-0.15, -0.1) is 11.3 Å². The molecule has 1 atom stereocenters. The third-order valence-electron chi connectivity index (χ3n) is 4.89. The van der Waals surface area contributed by atoms with Crippen molar-refractivity contribution in [3.05, 3.63) is 82.1 Å². The molecule has 4 rings (SSSR count). The number of furan rings is 1. The molecule has 11 nitrogen and oxygen atoms in total. The molecule has 0 bridgehead atoms. The Hall–Kier alpha value is -4.23.